The van der Waals surface area contributed by atoms with Gasteiger partial charge in [-0.25, -0.2) is 4.39 Å². The molecule has 0 bridgehead atoms. The molecule has 20 heavy (non-hydrogen) atoms. The topological polar surface area (TPSA) is 58.6 Å². The van der Waals surface area contributed by atoms with Crippen LogP contribution in [0.3, 0.4) is 0 Å². The Balaban J connectivity index is 1.61. The molecule has 1 fully saturated rings. The molecule has 1 saturated carbocycles. The summed E-state index contributed by atoms with van der Waals surface area (Å²) in [5, 5.41) is 12.5. The van der Waals surface area contributed by atoms with Gasteiger partial charge in [-0.2, -0.15) is 0 Å². The van der Waals surface area contributed by atoms with Gasteiger partial charge in [-0.15, -0.1) is 0 Å². The quantitative estimate of drug-likeness (QED) is 0.837. The SMILES string of the molecule is O=C(CCOc1ccc(F)cc1)NCC1CCCC1O. The molecular weight excluding hydrogens is 261 g/mol. The lowest BCUT2D eigenvalue weighted by Gasteiger charge is -2.15. The summed E-state index contributed by atoms with van der Waals surface area (Å²) < 4.78 is 18.0. The molecule has 0 aliphatic heterocycles. The molecule has 0 saturated heterocycles. The predicted molar refractivity (Wildman–Crippen MR) is 72.9 cm³/mol. The number of nitrogens with one attached hydrogen (secondary N) is 1. The first kappa shape index (κ1) is 14.8. The third kappa shape index (κ3) is 4.49. The van der Waals surface area contributed by atoms with Gasteiger partial charge in [-0.1, -0.05) is 6.42 Å². The zero-order chi connectivity index (χ0) is 14.4. The van der Waals surface area contributed by atoms with Crippen LogP contribution >= 0.6 is 0 Å². The number of carbonyl (C=O) groups is 1. The summed E-state index contributed by atoms with van der Waals surface area (Å²) in [7, 11) is 0. The van der Waals surface area contributed by atoms with Gasteiger partial charge in [0.05, 0.1) is 19.1 Å². The van der Waals surface area contributed by atoms with Crippen molar-refractivity contribution in [2.24, 2.45) is 5.92 Å². The van der Waals surface area contributed by atoms with Gasteiger partial charge in [0.1, 0.15) is 11.6 Å². The molecule has 1 amide bonds. The summed E-state index contributed by atoms with van der Waals surface area (Å²) >= 11 is 0. The zero-order valence-corrected chi connectivity index (χ0v) is 11.3. The van der Waals surface area contributed by atoms with Crippen molar-refractivity contribution in [3.63, 3.8) is 0 Å². The monoisotopic (exact) mass is 281 g/mol. The Hall–Kier alpha value is -1.62. The second kappa shape index (κ2) is 7.24. The van der Waals surface area contributed by atoms with E-state index in [4.69, 9.17) is 4.74 Å². The van der Waals surface area contributed by atoms with E-state index in [9.17, 15) is 14.3 Å². The van der Waals surface area contributed by atoms with E-state index in [2.05, 4.69) is 5.32 Å². The number of hydrogen-bond acceptors (Lipinski definition) is 3. The highest BCUT2D eigenvalue weighted by Gasteiger charge is 2.25. The molecule has 0 spiro atoms. The third-order valence-corrected chi connectivity index (χ3v) is 3.59. The summed E-state index contributed by atoms with van der Waals surface area (Å²) in [5.41, 5.74) is 0. The average molecular weight is 281 g/mol. The Bertz CT molecular complexity index is 435. The van der Waals surface area contributed by atoms with Crippen LogP contribution < -0.4 is 10.1 Å². The highest BCUT2D eigenvalue weighted by atomic mass is 19.1. The fourth-order valence-electron chi connectivity index (χ4n) is 2.38. The molecule has 0 radical (unpaired) electrons. The van der Waals surface area contributed by atoms with Crippen LogP contribution in [0.1, 0.15) is 25.7 Å². The number of carbonyl (C=O) groups excluding carboxylic acids is 1. The molecule has 2 atom stereocenters. The Kier molecular flexibility index (Phi) is 5.35. The van der Waals surface area contributed by atoms with Crippen LogP contribution in [-0.4, -0.2) is 30.3 Å². The van der Waals surface area contributed by atoms with Gasteiger partial charge in [-0.05, 0) is 37.1 Å². The number of aliphatic hydroxyl groups is 1. The van der Waals surface area contributed by atoms with Gasteiger partial charge in [0, 0.05) is 12.5 Å². The van der Waals surface area contributed by atoms with Crippen LogP contribution in [0.4, 0.5) is 4.39 Å². The van der Waals surface area contributed by atoms with Crippen LogP contribution in [0.15, 0.2) is 24.3 Å². The first-order valence-electron chi connectivity index (χ1n) is 6.98. The number of hydrogen-bond donors (Lipinski definition) is 2. The molecule has 110 valence electrons. The lowest BCUT2D eigenvalue weighted by Crippen LogP contribution is -2.33. The van der Waals surface area contributed by atoms with E-state index in [1.807, 2.05) is 0 Å². The number of aliphatic hydroxyl groups excluding tert-OH is 1. The molecule has 2 N–H and O–H groups in total. The minimum Gasteiger partial charge on any atom is -0.493 e. The van der Waals surface area contributed by atoms with E-state index in [-0.39, 0.29) is 36.8 Å². The standard InChI is InChI=1S/C15H20FNO3/c16-12-4-6-13(7-5-12)20-9-8-15(19)17-10-11-2-1-3-14(11)18/h4-7,11,14,18H,1-3,8-10H2,(H,17,19). The Morgan fingerprint density at radius 3 is 2.75 bits per heavy atom. The third-order valence-electron chi connectivity index (χ3n) is 3.59. The van der Waals surface area contributed by atoms with Crippen molar-refractivity contribution in [2.45, 2.75) is 31.8 Å². The smallest absolute Gasteiger partial charge is 0.223 e. The second-order valence-electron chi connectivity index (χ2n) is 5.11. The predicted octanol–water partition coefficient (Wildman–Crippen LogP) is 1.87. The molecule has 1 aromatic rings. The fourth-order valence-corrected chi connectivity index (χ4v) is 2.38. The molecule has 2 unspecified atom stereocenters. The van der Waals surface area contributed by atoms with Gasteiger partial charge < -0.3 is 15.2 Å². The highest BCUT2D eigenvalue weighted by Crippen LogP contribution is 2.24. The van der Waals surface area contributed by atoms with Gasteiger partial charge in [-0.3, -0.25) is 4.79 Å². The van der Waals surface area contributed by atoms with Crippen molar-refractivity contribution >= 4 is 5.91 Å². The van der Waals surface area contributed by atoms with Crippen LogP contribution in [0.2, 0.25) is 0 Å². The van der Waals surface area contributed by atoms with Crippen LogP contribution in [0.5, 0.6) is 5.75 Å². The molecule has 1 aromatic carbocycles. The number of halogens is 1. The van der Waals surface area contributed by atoms with E-state index in [0.717, 1.165) is 19.3 Å². The van der Waals surface area contributed by atoms with Crippen molar-refractivity contribution in [3.05, 3.63) is 30.1 Å². The zero-order valence-electron chi connectivity index (χ0n) is 11.3. The van der Waals surface area contributed by atoms with E-state index in [1.165, 1.54) is 24.3 Å². The molecule has 4 nitrogen and oxygen atoms in total. The molecule has 0 aromatic heterocycles. The maximum absolute atomic E-state index is 12.7. The van der Waals surface area contributed by atoms with Crippen LogP contribution in [-0.2, 0) is 4.79 Å². The maximum Gasteiger partial charge on any atom is 0.223 e. The van der Waals surface area contributed by atoms with Gasteiger partial charge in [0.25, 0.3) is 0 Å². The van der Waals surface area contributed by atoms with Crippen molar-refractivity contribution < 1.29 is 19.0 Å². The van der Waals surface area contributed by atoms with Crippen molar-refractivity contribution in [1.29, 1.82) is 0 Å². The maximum atomic E-state index is 12.7. The van der Waals surface area contributed by atoms with Crippen molar-refractivity contribution in [2.75, 3.05) is 13.2 Å². The van der Waals surface area contributed by atoms with Gasteiger partial charge in [0.15, 0.2) is 0 Å². The van der Waals surface area contributed by atoms with Crippen molar-refractivity contribution in [3.8, 4) is 5.75 Å². The molecular formula is C15H20FNO3. The number of benzene rings is 1. The first-order chi connectivity index (χ1) is 9.65. The lowest BCUT2D eigenvalue weighted by molar-refractivity contribution is -0.121. The van der Waals surface area contributed by atoms with E-state index in [1.54, 1.807) is 0 Å². The highest BCUT2D eigenvalue weighted by molar-refractivity contribution is 5.75. The minimum atomic E-state index is -0.315. The summed E-state index contributed by atoms with van der Waals surface area (Å²) in [4.78, 5) is 11.6. The van der Waals surface area contributed by atoms with Crippen LogP contribution in [0, 0.1) is 11.7 Å². The summed E-state index contributed by atoms with van der Waals surface area (Å²) in [6, 6.07) is 5.69. The summed E-state index contributed by atoms with van der Waals surface area (Å²) in [6.07, 6.45) is 2.78. The fraction of sp³-hybridized carbons (Fsp3) is 0.533. The van der Waals surface area contributed by atoms with Crippen molar-refractivity contribution in [1.82, 2.24) is 5.32 Å². The Morgan fingerprint density at radius 2 is 2.10 bits per heavy atom. The molecule has 1 aliphatic rings. The molecule has 0 heterocycles. The van der Waals surface area contributed by atoms with Crippen LogP contribution in [0.25, 0.3) is 0 Å². The number of ether oxygens (including phenoxy) is 1. The molecule has 1 aliphatic carbocycles. The number of rotatable bonds is 6. The Morgan fingerprint density at radius 1 is 1.35 bits per heavy atom. The average Bonchev–Trinajstić information content (AvgIpc) is 2.84. The largest absolute Gasteiger partial charge is 0.493 e. The molecule has 2 rings (SSSR count). The number of amides is 1. The lowest BCUT2D eigenvalue weighted by atomic mass is 10.1. The minimum absolute atomic E-state index is 0.0915. The first-order valence-corrected chi connectivity index (χ1v) is 6.98. The van der Waals surface area contributed by atoms with E-state index in [0.29, 0.717) is 12.3 Å². The van der Waals surface area contributed by atoms with Gasteiger partial charge >= 0.3 is 0 Å². The second-order valence-corrected chi connectivity index (χ2v) is 5.11. The molecule has 5 heteroatoms. The van der Waals surface area contributed by atoms with E-state index >= 15 is 0 Å². The summed E-state index contributed by atoms with van der Waals surface area (Å²) in [5.74, 6) is 0.318. The van der Waals surface area contributed by atoms with Gasteiger partial charge in [0.2, 0.25) is 5.91 Å². The summed E-state index contributed by atoms with van der Waals surface area (Å²) in [6.45, 7) is 0.779. The Labute approximate surface area is 117 Å². The van der Waals surface area contributed by atoms with E-state index < -0.39 is 0 Å². The normalized spacial score (nSPS) is 21.7.